The second-order valence-electron chi connectivity index (χ2n) is 4.56. The van der Waals surface area contributed by atoms with Gasteiger partial charge in [-0.1, -0.05) is 13.3 Å². The Labute approximate surface area is 116 Å². The van der Waals surface area contributed by atoms with Gasteiger partial charge in [-0.2, -0.15) is 0 Å². The number of nitrogens with two attached hydrogens (primary N) is 1. The van der Waals surface area contributed by atoms with E-state index < -0.39 is 12.0 Å². The summed E-state index contributed by atoms with van der Waals surface area (Å²) in [7, 11) is 0. The maximum atomic E-state index is 12.0. The second kappa shape index (κ2) is 6.16. The summed E-state index contributed by atoms with van der Waals surface area (Å²) < 4.78 is 5.32. The van der Waals surface area contributed by atoms with Crippen LogP contribution < -0.4 is 11.1 Å². The van der Waals surface area contributed by atoms with Crippen molar-refractivity contribution in [2.75, 3.05) is 11.9 Å². The van der Waals surface area contributed by atoms with Crippen molar-refractivity contribution in [2.24, 2.45) is 5.73 Å². The van der Waals surface area contributed by atoms with Crippen LogP contribution in [0.1, 0.15) is 41.4 Å². The fourth-order valence-electron chi connectivity index (χ4n) is 2.06. The van der Waals surface area contributed by atoms with Crippen LogP contribution in [0.2, 0.25) is 0 Å². The van der Waals surface area contributed by atoms with E-state index in [4.69, 9.17) is 10.5 Å². The summed E-state index contributed by atoms with van der Waals surface area (Å²) in [6.07, 6.45) is 3.08. The molecule has 1 aromatic heterocycles. The monoisotopic (exact) mass is 282 g/mol. The van der Waals surface area contributed by atoms with Crippen molar-refractivity contribution in [2.45, 2.75) is 38.7 Å². The number of aryl methyl sites for hydroxylation is 1. The van der Waals surface area contributed by atoms with Crippen molar-refractivity contribution in [3.63, 3.8) is 0 Å². The van der Waals surface area contributed by atoms with Crippen LogP contribution in [0.3, 0.4) is 0 Å². The fraction of sp³-hybridized carbons (Fsp3) is 0.538. The molecular weight excluding hydrogens is 264 g/mol. The van der Waals surface area contributed by atoms with Gasteiger partial charge in [0.15, 0.2) is 0 Å². The SMILES string of the molecule is CCCc1cc(C(N)=O)c(NC(=O)[C@@H]2CCCO2)s1. The van der Waals surface area contributed by atoms with Crippen molar-refractivity contribution in [1.82, 2.24) is 0 Å². The number of rotatable bonds is 5. The number of ether oxygens (including phenoxy) is 1. The van der Waals surface area contributed by atoms with Crippen LogP contribution in [0, 0.1) is 0 Å². The van der Waals surface area contributed by atoms with E-state index in [9.17, 15) is 9.59 Å². The van der Waals surface area contributed by atoms with Gasteiger partial charge >= 0.3 is 0 Å². The predicted octanol–water partition coefficient (Wildman–Crippen LogP) is 1.92. The highest BCUT2D eigenvalue weighted by Gasteiger charge is 2.25. The Morgan fingerprint density at radius 2 is 2.37 bits per heavy atom. The Morgan fingerprint density at radius 3 is 2.95 bits per heavy atom. The molecule has 1 aliphatic heterocycles. The van der Waals surface area contributed by atoms with Crippen LogP contribution in [-0.2, 0) is 16.0 Å². The van der Waals surface area contributed by atoms with Gasteiger partial charge in [0.25, 0.3) is 11.8 Å². The molecule has 1 fully saturated rings. The van der Waals surface area contributed by atoms with Gasteiger partial charge in [-0.15, -0.1) is 11.3 Å². The van der Waals surface area contributed by atoms with E-state index in [0.717, 1.165) is 30.6 Å². The maximum Gasteiger partial charge on any atom is 0.254 e. The van der Waals surface area contributed by atoms with Gasteiger partial charge < -0.3 is 15.8 Å². The van der Waals surface area contributed by atoms with Crippen LogP contribution in [0.15, 0.2) is 6.07 Å². The molecule has 0 aromatic carbocycles. The smallest absolute Gasteiger partial charge is 0.254 e. The first-order valence-corrected chi connectivity index (χ1v) is 7.28. The molecule has 0 bridgehead atoms. The molecule has 0 aliphatic carbocycles. The molecule has 2 rings (SSSR count). The van der Waals surface area contributed by atoms with Crippen LogP contribution in [0.5, 0.6) is 0 Å². The number of amides is 2. The van der Waals surface area contributed by atoms with Crippen molar-refractivity contribution < 1.29 is 14.3 Å². The summed E-state index contributed by atoms with van der Waals surface area (Å²) in [5.41, 5.74) is 5.73. The third kappa shape index (κ3) is 3.33. The highest BCUT2D eigenvalue weighted by atomic mass is 32.1. The lowest BCUT2D eigenvalue weighted by Gasteiger charge is -2.09. The number of nitrogens with one attached hydrogen (secondary N) is 1. The summed E-state index contributed by atoms with van der Waals surface area (Å²) in [4.78, 5) is 24.4. The first-order valence-electron chi connectivity index (χ1n) is 6.46. The topological polar surface area (TPSA) is 81.4 Å². The van der Waals surface area contributed by atoms with Gasteiger partial charge in [0, 0.05) is 11.5 Å². The number of hydrogen-bond acceptors (Lipinski definition) is 4. The van der Waals surface area contributed by atoms with E-state index in [0.29, 0.717) is 17.2 Å². The van der Waals surface area contributed by atoms with Gasteiger partial charge in [-0.3, -0.25) is 9.59 Å². The number of carbonyl (C=O) groups is 2. The number of hydrogen-bond donors (Lipinski definition) is 2. The van der Waals surface area contributed by atoms with E-state index in [-0.39, 0.29) is 5.91 Å². The zero-order valence-electron chi connectivity index (χ0n) is 10.9. The summed E-state index contributed by atoms with van der Waals surface area (Å²) in [6.45, 7) is 2.68. The molecule has 1 atom stereocenters. The molecular formula is C13H18N2O3S. The molecule has 0 spiro atoms. The summed E-state index contributed by atoms with van der Waals surface area (Å²) >= 11 is 1.41. The number of carbonyl (C=O) groups excluding carboxylic acids is 2. The van der Waals surface area contributed by atoms with Crippen LogP contribution in [0.4, 0.5) is 5.00 Å². The minimum atomic E-state index is -0.513. The lowest BCUT2D eigenvalue weighted by molar-refractivity contribution is -0.124. The normalized spacial score (nSPS) is 18.5. The Bertz CT molecular complexity index is 478. The number of anilines is 1. The molecule has 2 heterocycles. The Balaban J connectivity index is 2.13. The average molecular weight is 282 g/mol. The molecule has 1 saturated heterocycles. The van der Waals surface area contributed by atoms with Gasteiger partial charge in [0.2, 0.25) is 0 Å². The fourth-order valence-corrected chi connectivity index (χ4v) is 3.23. The number of thiophene rings is 1. The number of primary amides is 1. The zero-order valence-corrected chi connectivity index (χ0v) is 11.7. The van der Waals surface area contributed by atoms with Crippen molar-refractivity contribution in [3.8, 4) is 0 Å². The molecule has 2 amide bonds. The molecule has 1 aromatic rings. The Kier molecular flexibility index (Phi) is 4.55. The van der Waals surface area contributed by atoms with Crippen molar-refractivity contribution in [3.05, 3.63) is 16.5 Å². The maximum absolute atomic E-state index is 12.0. The third-order valence-corrected chi connectivity index (χ3v) is 4.11. The van der Waals surface area contributed by atoms with E-state index in [1.54, 1.807) is 6.07 Å². The quantitative estimate of drug-likeness (QED) is 0.865. The van der Waals surface area contributed by atoms with Crippen LogP contribution >= 0.6 is 11.3 Å². The lowest BCUT2D eigenvalue weighted by atomic mass is 10.2. The largest absolute Gasteiger partial charge is 0.368 e. The van der Waals surface area contributed by atoms with Gasteiger partial charge in [-0.25, -0.2) is 0 Å². The second-order valence-corrected chi connectivity index (χ2v) is 5.70. The average Bonchev–Trinajstić information content (AvgIpc) is 2.98. The van der Waals surface area contributed by atoms with Crippen LogP contribution in [-0.4, -0.2) is 24.5 Å². The Hall–Kier alpha value is -1.40. The van der Waals surface area contributed by atoms with Crippen LogP contribution in [0.25, 0.3) is 0 Å². The zero-order chi connectivity index (χ0) is 13.8. The van der Waals surface area contributed by atoms with Gasteiger partial charge in [-0.05, 0) is 25.3 Å². The highest BCUT2D eigenvalue weighted by molar-refractivity contribution is 7.16. The van der Waals surface area contributed by atoms with Crippen molar-refractivity contribution >= 4 is 28.2 Å². The van der Waals surface area contributed by atoms with Crippen molar-refractivity contribution in [1.29, 1.82) is 0 Å². The molecule has 104 valence electrons. The first-order chi connectivity index (χ1) is 9.11. The molecule has 0 radical (unpaired) electrons. The minimum absolute atomic E-state index is 0.190. The first kappa shape index (κ1) is 14.0. The van der Waals surface area contributed by atoms with Gasteiger partial charge in [0.05, 0.1) is 5.56 Å². The summed E-state index contributed by atoms with van der Waals surface area (Å²) in [6, 6.07) is 1.77. The minimum Gasteiger partial charge on any atom is -0.368 e. The van der Waals surface area contributed by atoms with E-state index in [1.165, 1.54) is 11.3 Å². The lowest BCUT2D eigenvalue weighted by Crippen LogP contribution is -2.27. The predicted molar refractivity (Wildman–Crippen MR) is 74.4 cm³/mol. The molecule has 0 unspecified atom stereocenters. The highest BCUT2D eigenvalue weighted by Crippen LogP contribution is 2.29. The third-order valence-electron chi connectivity index (χ3n) is 3.00. The van der Waals surface area contributed by atoms with E-state index in [1.807, 2.05) is 0 Å². The van der Waals surface area contributed by atoms with E-state index >= 15 is 0 Å². The Morgan fingerprint density at radius 1 is 1.58 bits per heavy atom. The summed E-state index contributed by atoms with van der Waals surface area (Å²) in [5, 5.41) is 3.30. The standard InChI is InChI=1S/C13H18N2O3S/c1-2-4-8-7-9(11(14)16)13(19-8)15-12(17)10-5-3-6-18-10/h7,10H,2-6H2,1H3,(H2,14,16)(H,15,17)/t10-/m0/s1. The molecule has 5 nitrogen and oxygen atoms in total. The van der Waals surface area contributed by atoms with Gasteiger partial charge in [0.1, 0.15) is 11.1 Å². The molecule has 19 heavy (non-hydrogen) atoms. The molecule has 0 saturated carbocycles. The summed E-state index contributed by atoms with van der Waals surface area (Å²) in [5.74, 6) is -0.703. The molecule has 1 aliphatic rings. The van der Waals surface area contributed by atoms with E-state index in [2.05, 4.69) is 12.2 Å². The molecule has 3 N–H and O–H groups in total. The molecule has 6 heteroatoms.